The minimum atomic E-state index is 0.658. The van der Waals surface area contributed by atoms with Crippen molar-refractivity contribution in [3.63, 3.8) is 0 Å². The standard InChI is InChI=1S/C16H31N/c1-13(2)17-12-15-10-7-11-16(15)14-8-5-3-4-6-9-14/h13-17H,3-12H2,1-2H3. The maximum absolute atomic E-state index is 3.67. The van der Waals surface area contributed by atoms with Crippen LogP contribution in [-0.4, -0.2) is 12.6 Å². The van der Waals surface area contributed by atoms with Crippen molar-refractivity contribution in [2.45, 2.75) is 77.7 Å². The molecule has 0 aliphatic heterocycles. The average Bonchev–Trinajstić information content (AvgIpc) is 2.60. The fourth-order valence-electron chi connectivity index (χ4n) is 4.07. The first-order valence-electron chi connectivity index (χ1n) is 8.00. The van der Waals surface area contributed by atoms with Crippen molar-refractivity contribution < 1.29 is 0 Å². The molecular weight excluding hydrogens is 206 g/mol. The van der Waals surface area contributed by atoms with Crippen molar-refractivity contribution in [1.29, 1.82) is 0 Å². The quantitative estimate of drug-likeness (QED) is 0.716. The SMILES string of the molecule is CC(C)NCC1CCCC1C1CCCCCC1. The molecule has 0 aromatic rings. The van der Waals surface area contributed by atoms with Crippen molar-refractivity contribution in [1.82, 2.24) is 5.32 Å². The van der Waals surface area contributed by atoms with Crippen LogP contribution < -0.4 is 5.32 Å². The Hall–Kier alpha value is -0.0400. The molecular formula is C16H31N. The largest absolute Gasteiger partial charge is 0.314 e. The summed E-state index contributed by atoms with van der Waals surface area (Å²) >= 11 is 0. The van der Waals surface area contributed by atoms with Gasteiger partial charge in [-0.05, 0) is 37.1 Å². The average molecular weight is 237 g/mol. The van der Waals surface area contributed by atoms with E-state index in [4.69, 9.17) is 0 Å². The number of hydrogen-bond acceptors (Lipinski definition) is 1. The second kappa shape index (κ2) is 6.78. The molecule has 2 saturated carbocycles. The fraction of sp³-hybridized carbons (Fsp3) is 1.00. The molecule has 0 saturated heterocycles. The van der Waals surface area contributed by atoms with E-state index in [-0.39, 0.29) is 0 Å². The third kappa shape index (κ3) is 3.98. The molecule has 0 aromatic carbocycles. The Morgan fingerprint density at radius 2 is 1.59 bits per heavy atom. The molecule has 0 radical (unpaired) electrons. The van der Waals surface area contributed by atoms with Gasteiger partial charge in [-0.3, -0.25) is 0 Å². The maximum atomic E-state index is 3.67. The molecule has 0 heterocycles. The topological polar surface area (TPSA) is 12.0 Å². The van der Waals surface area contributed by atoms with E-state index in [9.17, 15) is 0 Å². The van der Waals surface area contributed by atoms with Gasteiger partial charge in [0.25, 0.3) is 0 Å². The molecule has 0 aromatic heterocycles. The lowest BCUT2D eigenvalue weighted by Gasteiger charge is -2.28. The molecule has 0 amide bonds. The van der Waals surface area contributed by atoms with Crippen molar-refractivity contribution in [3.05, 3.63) is 0 Å². The minimum absolute atomic E-state index is 0.658. The zero-order valence-corrected chi connectivity index (χ0v) is 11.9. The van der Waals surface area contributed by atoms with Crippen LogP contribution in [0.1, 0.15) is 71.6 Å². The number of nitrogens with one attached hydrogen (secondary N) is 1. The van der Waals surface area contributed by atoms with E-state index in [2.05, 4.69) is 19.2 Å². The normalized spacial score (nSPS) is 31.9. The van der Waals surface area contributed by atoms with Gasteiger partial charge in [0.15, 0.2) is 0 Å². The molecule has 2 unspecified atom stereocenters. The highest BCUT2D eigenvalue weighted by Gasteiger charge is 2.33. The second-order valence-corrected chi connectivity index (χ2v) is 6.67. The summed E-state index contributed by atoms with van der Waals surface area (Å²) in [5.41, 5.74) is 0. The smallest absolute Gasteiger partial charge is 0.00104 e. The summed E-state index contributed by atoms with van der Waals surface area (Å²) in [5.74, 6) is 3.11. The molecule has 1 nitrogen and oxygen atoms in total. The van der Waals surface area contributed by atoms with E-state index >= 15 is 0 Å². The summed E-state index contributed by atoms with van der Waals surface area (Å²) in [6, 6.07) is 0.658. The van der Waals surface area contributed by atoms with Crippen LogP contribution in [0.25, 0.3) is 0 Å². The highest BCUT2D eigenvalue weighted by molar-refractivity contribution is 4.85. The van der Waals surface area contributed by atoms with Crippen LogP contribution in [-0.2, 0) is 0 Å². The first kappa shape index (κ1) is 13.4. The van der Waals surface area contributed by atoms with E-state index in [1.54, 1.807) is 0 Å². The van der Waals surface area contributed by atoms with Gasteiger partial charge in [0.1, 0.15) is 0 Å². The second-order valence-electron chi connectivity index (χ2n) is 6.67. The van der Waals surface area contributed by atoms with Gasteiger partial charge < -0.3 is 5.32 Å². The molecule has 2 rings (SSSR count). The lowest BCUT2D eigenvalue weighted by Crippen LogP contribution is -2.32. The van der Waals surface area contributed by atoms with Gasteiger partial charge in [-0.15, -0.1) is 0 Å². The Balaban J connectivity index is 1.84. The van der Waals surface area contributed by atoms with E-state index in [1.165, 1.54) is 64.3 Å². The van der Waals surface area contributed by atoms with Gasteiger partial charge in [0.05, 0.1) is 0 Å². The van der Waals surface area contributed by atoms with Crippen LogP contribution in [0.3, 0.4) is 0 Å². The lowest BCUT2D eigenvalue weighted by molar-refractivity contribution is 0.228. The van der Waals surface area contributed by atoms with Crippen LogP contribution in [0.4, 0.5) is 0 Å². The van der Waals surface area contributed by atoms with Crippen LogP contribution in [0, 0.1) is 17.8 Å². The molecule has 2 fully saturated rings. The van der Waals surface area contributed by atoms with E-state index < -0.39 is 0 Å². The summed E-state index contributed by atoms with van der Waals surface area (Å²) in [6.45, 7) is 5.82. The van der Waals surface area contributed by atoms with Crippen LogP contribution >= 0.6 is 0 Å². The lowest BCUT2D eigenvalue weighted by atomic mass is 9.79. The Kier molecular flexibility index (Phi) is 5.34. The fourth-order valence-corrected chi connectivity index (χ4v) is 4.07. The highest BCUT2D eigenvalue weighted by Crippen LogP contribution is 2.42. The Morgan fingerprint density at radius 3 is 2.24 bits per heavy atom. The zero-order chi connectivity index (χ0) is 12.1. The zero-order valence-electron chi connectivity index (χ0n) is 11.9. The third-order valence-corrected chi connectivity index (χ3v) is 5.01. The van der Waals surface area contributed by atoms with E-state index in [0.717, 1.165) is 17.8 Å². The van der Waals surface area contributed by atoms with Gasteiger partial charge in [-0.25, -0.2) is 0 Å². The van der Waals surface area contributed by atoms with Crippen molar-refractivity contribution >= 4 is 0 Å². The van der Waals surface area contributed by atoms with Gasteiger partial charge in [0, 0.05) is 6.04 Å². The molecule has 0 spiro atoms. The van der Waals surface area contributed by atoms with Crippen molar-refractivity contribution in [3.8, 4) is 0 Å². The summed E-state index contributed by atoms with van der Waals surface area (Å²) in [7, 11) is 0. The molecule has 2 atom stereocenters. The maximum Gasteiger partial charge on any atom is 0.00104 e. The molecule has 100 valence electrons. The van der Waals surface area contributed by atoms with E-state index in [0.29, 0.717) is 6.04 Å². The Morgan fingerprint density at radius 1 is 0.882 bits per heavy atom. The molecule has 1 heteroatoms. The summed E-state index contributed by atoms with van der Waals surface area (Å²) < 4.78 is 0. The van der Waals surface area contributed by atoms with Gasteiger partial charge >= 0.3 is 0 Å². The van der Waals surface area contributed by atoms with E-state index in [1.807, 2.05) is 0 Å². The Labute approximate surface area is 108 Å². The number of hydrogen-bond donors (Lipinski definition) is 1. The van der Waals surface area contributed by atoms with Gasteiger partial charge in [0.2, 0.25) is 0 Å². The monoisotopic (exact) mass is 237 g/mol. The minimum Gasteiger partial charge on any atom is -0.314 e. The molecule has 17 heavy (non-hydrogen) atoms. The van der Waals surface area contributed by atoms with Crippen molar-refractivity contribution in [2.24, 2.45) is 17.8 Å². The third-order valence-electron chi connectivity index (χ3n) is 5.01. The predicted molar refractivity (Wildman–Crippen MR) is 75.2 cm³/mol. The first-order chi connectivity index (χ1) is 8.27. The Bertz CT molecular complexity index is 204. The van der Waals surface area contributed by atoms with Crippen LogP contribution in [0.15, 0.2) is 0 Å². The molecule has 1 N–H and O–H groups in total. The van der Waals surface area contributed by atoms with Crippen LogP contribution in [0.5, 0.6) is 0 Å². The van der Waals surface area contributed by atoms with Gasteiger partial charge in [-0.2, -0.15) is 0 Å². The van der Waals surface area contributed by atoms with Gasteiger partial charge in [-0.1, -0.05) is 58.8 Å². The first-order valence-corrected chi connectivity index (χ1v) is 8.00. The molecule has 2 aliphatic rings. The predicted octanol–water partition coefficient (Wildman–Crippen LogP) is 4.37. The summed E-state index contributed by atoms with van der Waals surface area (Å²) in [6.07, 6.45) is 13.6. The van der Waals surface area contributed by atoms with Crippen LogP contribution in [0.2, 0.25) is 0 Å². The summed E-state index contributed by atoms with van der Waals surface area (Å²) in [5, 5.41) is 3.67. The summed E-state index contributed by atoms with van der Waals surface area (Å²) in [4.78, 5) is 0. The molecule has 2 aliphatic carbocycles. The van der Waals surface area contributed by atoms with Crippen molar-refractivity contribution in [2.75, 3.05) is 6.54 Å². The highest BCUT2D eigenvalue weighted by atomic mass is 14.9. The molecule has 0 bridgehead atoms. The number of rotatable bonds is 4.